The fraction of sp³-hybridized carbons (Fsp3) is 0.526. The van der Waals surface area contributed by atoms with Crippen molar-refractivity contribution < 1.29 is 4.52 Å². The van der Waals surface area contributed by atoms with Gasteiger partial charge < -0.3 is 14.0 Å². The molecule has 1 saturated heterocycles. The molecule has 132 valence electrons. The monoisotopic (exact) mass is 339 g/mol. The third-order valence-corrected chi connectivity index (χ3v) is 5.41. The molecule has 1 aliphatic rings. The average molecular weight is 339 g/mol. The molecule has 6 heteroatoms. The van der Waals surface area contributed by atoms with E-state index in [0.717, 1.165) is 46.8 Å². The Morgan fingerprint density at radius 3 is 2.68 bits per heavy atom. The molecule has 0 N–H and O–H groups in total. The molecule has 3 aromatic heterocycles. The van der Waals surface area contributed by atoms with E-state index in [1.165, 1.54) is 25.9 Å². The highest BCUT2D eigenvalue weighted by Gasteiger charge is 2.20. The molecule has 0 bridgehead atoms. The molecule has 0 aliphatic carbocycles. The number of hydrogen-bond donors (Lipinski definition) is 0. The van der Waals surface area contributed by atoms with E-state index in [1.54, 1.807) is 0 Å². The number of rotatable bonds is 4. The van der Waals surface area contributed by atoms with Gasteiger partial charge in [0.1, 0.15) is 5.76 Å². The summed E-state index contributed by atoms with van der Waals surface area (Å²) in [6.07, 6.45) is 6.31. The summed E-state index contributed by atoms with van der Waals surface area (Å²) < 4.78 is 7.57. The molecule has 6 nitrogen and oxygen atoms in total. The smallest absolute Gasteiger partial charge is 0.177 e. The number of hydrogen-bond acceptors (Lipinski definition) is 5. The molecule has 1 aliphatic heterocycles. The maximum Gasteiger partial charge on any atom is 0.177 e. The molecule has 1 fully saturated rings. The minimum Gasteiger partial charge on any atom is -0.361 e. The Kier molecular flexibility index (Phi) is 4.29. The number of piperidine rings is 1. The van der Waals surface area contributed by atoms with Crippen LogP contribution in [0.2, 0.25) is 0 Å². The number of pyridine rings is 1. The number of nitrogens with zero attached hydrogens (tertiary/aromatic N) is 5. The van der Waals surface area contributed by atoms with Gasteiger partial charge in [-0.15, -0.1) is 0 Å². The topological polar surface area (TPSA) is 60.0 Å². The Morgan fingerprint density at radius 1 is 1.20 bits per heavy atom. The second-order valence-corrected chi connectivity index (χ2v) is 7.04. The molecule has 0 atom stereocenters. The van der Waals surface area contributed by atoms with Crippen molar-refractivity contribution in [3.8, 4) is 11.1 Å². The summed E-state index contributed by atoms with van der Waals surface area (Å²) in [4.78, 5) is 11.6. The third-order valence-electron chi connectivity index (χ3n) is 5.41. The highest BCUT2D eigenvalue weighted by atomic mass is 16.5. The molecule has 4 rings (SSSR count). The van der Waals surface area contributed by atoms with Gasteiger partial charge >= 0.3 is 0 Å². The van der Waals surface area contributed by atoms with Crippen LogP contribution in [0, 0.1) is 19.8 Å². The summed E-state index contributed by atoms with van der Waals surface area (Å²) in [5.41, 5.74) is 4.89. The van der Waals surface area contributed by atoms with Crippen LogP contribution in [-0.4, -0.2) is 44.2 Å². The van der Waals surface area contributed by atoms with Gasteiger partial charge in [-0.05, 0) is 58.3 Å². The zero-order chi connectivity index (χ0) is 17.4. The van der Waals surface area contributed by atoms with Crippen molar-refractivity contribution in [2.24, 2.45) is 5.92 Å². The van der Waals surface area contributed by atoms with Crippen LogP contribution in [0.5, 0.6) is 0 Å². The number of fused-ring (bicyclic) bond motifs is 1. The number of aromatic nitrogens is 4. The van der Waals surface area contributed by atoms with Gasteiger partial charge in [-0.2, -0.15) is 0 Å². The summed E-state index contributed by atoms with van der Waals surface area (Å²) in [5, 5.41) is 4.06. The molecule has 0 radical (unpaired) electrons. The van der Waals surface area contributed by atoms with Gasteiger partial charge in [0.15, 0.2) is 5.65 Å². The van der Waals surface area contributed by atoms with Crippen molar-refractivity contribution >= 4 is 11.2 Å². The first-order valence-corrected chi connectivity index (χ1v) is 9.12. The fourth-order valence-electron chi connectivity index (χ4n) is 3.88. The minimum atomic E-state index is 0.711. The average Bonchev–Trinajstić information content (AvgIpc) is 3.18. The lowest BCUT2D eigenvalue weighted by molar-refractivity contribution is 0.182. The van der Waals surface area contributed by atoms with E-state index < -0.39 is 0 Å². The SMILES string of the molecule is CCN1CCC(Cn2cnc3ncc(-c4c(C)noc4C)cc32)CC1. The van der Waals surface area contributed by atoms with E-state index in [1.807, 2.05) is 26.4 Å². The van der Waals surface area contributed by atoms with Gasteiger partial charge in [0.25, 0.3) is 0 Å². The number of aryl methyl sites for hydroxylation is 2. The number of imidazole rings is 1. The highest BCUT2D eigenvalue weighted by Crippen LogP contribution is 2.29. The van der Waals surface area contributed by atoms with Crippen molar-refractivity contribution in [1.82, 2.24) is 24.6 Å². The standard InChI is InChI=1S/C19H25N5O/c1-4-23-7-5-15(6-8-23)11-24-12-21-19-17(24)9-16(10-20-19)18-13(2)22-25-14(18)3/h9-10,12,15H,4-8,11H2,1-3H3. The first kappa shape index (κ1) is 16.3. The Balaban J connectivity index is 1.61. The number of likely N-dealkylation sites (tertiary alicyclic amines) is 1. The van der Waals surface area contributed by atoms with E-state index in [4.69, 9.17) is 4.52 Å². The Morgan fingerprint density at radius 2 is 2.00 bits per heavy atom. The van der Waals surface area contributed by atoms with E-state index in [9.17, 15) is 0 Å². The van der Waals surface area contributed by atoms with Crippen LogP contribution in [-0.2, 0) is 6.54 Å². The molecular formula is C19H25N5O. The van der Waals surface area contributed by atoms with Crippen LogP contribution < -0.4 is 0 Å². The van der Waals surface area contributed by atoms with Crippen LogP contribution >= 0.6 is 0 Å². The second kappa shape index (κ2) is 6.59. The highest BCUT2D eigenvalue weighted by molar-refractivity contribution is 5.79. The summed E-state index contributed by atoms with van der Waals surface area (Å²) in [6, 6.07) is 2.17. The van der Waals surface area contributed by atoms with Gasteiger partial charge in [-0.3, -0.25) is 0 Å². The van der Waals surface area contributed by atoms with Gasteiger partial charge in [0, 0.05) is 23.9 Å². The Bertz CT molecular complexity index is 854. The van der Waals surface area contributed by atoms with Gasteiger partial charge in [-0.1, -0.05) is 12.1 Å². The van der Waals surface area contributed by atoms with E-state index in [2.05, 4.69) is 37.6 Å². The molecule has 25 heavy (non-hydrogen) atoms. The van der Waals surface area contributed by atoms with Gasteiger partial charge in [0.2, 0.25) is 0 Å². The summed E-state index contributed by atoms with van der Waals surface area (Å²) >= 11 is 0. The lowest BCUT2D eigenvalue weighted by atomic mass is 9.96. The van der Waals surface area contributed by atoms with Crippen LogP contribution in [0.3, 0.4) is 0 Å². The van der Waals surface area contributed by atoms with Crippen molar-refractivity contribution in [2.75, 3.05) is 19.6 Å². The lowest BCUT2D eigenvalue weighted by Gasteiger charge is -2.31. The van der Waals surface area contributed by atoms with Gasteiger partial charge in [-0.25, -0.2) is 9.97 Å². The van der Waals surface area contributed by atoms with Crippen LogP contribution in [0.1, 0.15) is 31.2 Å². The fourth-order valence-corrected chi connectivity index (χ4v) is 3.88. The summed E-state index contributed by atoms with van der Waals surface area (Å²) in [5.74, 6) is 1.54. The normalized spacial score (nSPS) is 16.8. The molecule has 0 spiro atoms. The van der Waals surface area contributed by atoms with Crippen LogP contribution in [0.25, 0.3) is 22.3 Å². The summed E-state index contributed by atoms with van der Waals surface area (Å²) in [7, 11) is 0. The predicted molar refractivity (Wildman–Crippen MR) is 97.3 cm³/mol. The van der Waals surface area contributed by atoms with Crippen LogP contribution in [0.15, 0.2) is 23.1 Å². The van der Waals surface area contributed by atoms with Crippen molar-refractivity contribution in [2.45, 2.75) is 40.2 Å². The van der Waals surface area contributed by atoms with Crippen molar-refractivity contribution in [3.63, 3.8) is 0 Å². The first-order chi connectivity index (χ1) is 12.2. The quantitative estimate of drug-likeness (QED) is 0.729. The zero-order valence-corrected chi connectivity index (χ0v) is 15.2. The Hall–Kier alpha value is -2.21. The van der Waals surface area contributed by atoms with Crippen LogP contribution in [0.4, 0.5) is 0 Å². The molecule has 0 aromatic carbocycles. The van der Waals surface area contributed by atoms with Crippen molar-refractivity contribution in [3.05, 3.63) is 30.0 Å². The zero-order valence-electron chi connectivity index (χ0n) is 15.2. The third kappa shape index (κ3) is 3.06. The lowest BCUT2D eigenvalue weighted by Crippen LogP contribution is -2.34. The predicted octanol–water partition coefficient (Wildman–Crippen LogP) is 3.44. The molecule has 4 heterocycles. The minimum absolute atomic E-state index is 0.711. The Labute approximate surface area is 147 Å². The van der Waals surface area contributed by atoms with Crippen molar-refractivity contribution in [1.29, 1.82) is 0 Å². The van der Waals surface area contributed by atoms with E-state index >= 15 is 0 Å². The first-order valence-electron chi connectivity index (χ1n) is 9.12. The maximum atomic E-state index is 5.31. The molecule has 3 aromatic rings. The maximum absolute atomic E-state index is 5.31. The van der Waals surface area contributed by atoms with E-state index in [0.29, 0.717) is 5.92 Å². The second-order valence-electron chi connectivity index (χ2n) is 7.04. The molecule has 0 unspecified atom stereocenters. The van der Waals surface area contributed by atoms with E-state index in [-0.39, 0.29) is 0 Å². The van der Waals surface area contributed by atoms with Gasteiger partial charge in [0.05, 0.1) is 17.5 Å². The molecule has 0 amide bonds. The summed E-state index contributed by atoms with van der Waals surface area (Å²) in [6.45, 7) is 10.7. The molecule has 0 saturated carbocycles. The largest absolute Gasteiger partial charge is 0.361 e. The molecular weight excluding hydrogens is 314 g/mol.